The van der Waals surface area contributed by atoms with Gasteiger partial charge in [0.05, 0.1) is 0 Å². The Morgan fingerprint density at radius 3 is 2.90 bits per heavy atom. The first-order valence-corrected chi connectivity index (χ1v) is 7.39. The molecule has 20 heavy (non-hydrogen) atoms. The summed E-state index contributed by atoms with van der Waals surface area (Å²) >= 11 is 0. The second kappa shape index (κ2) is 6.70. The van der Waals surface area contributed by atoms with Crippen molar-refractivity contribution in [2.75, 3.05) is 38.0 Å². The SMILES string of the molecule is CCNc1ccnc(C(=O)N2CCN(CC)C(C)C2)c1. The Labute approximate surface area is 121 Å². The van der Waals surface area contributed by atoms with Crippen LogP contribution in [-0.2, 0) is 0 Å². The zero-order valence-electron chi connectivity index (χ0n) is 12.6. The molecule has 0 bridgehead atoms. The molecule has 1 N–H and O–H groups in total. The van der Waals surface area contributed by atoms with Crippen LogP contribution >= 0.6 is 0 Å². The van der Waals surface area contributed by atoms with Gasteiger partial charge in [0.15, 0.2) is 0 Å². The lowest BCUT2D eigenvalue weighted by molar-refractivity contribution is 0.0523. The molecule has 1 amide bonds. The number of pyridine rings is 1. The van der Waals surface area contributed by atoms with E-state index in [2.05, 4.69) is 29.0 Å². The molecule has 2 heterocycles. The zero-order valence-corrected chi connectivity index (χ0v) is 12.6. The minimum Gasteiger partial charge on any atom is -0.385 e. The fourth-order valence-corrected chi connectivity index (χ4v) is 2.67. The maximum Gasteiger partial charge on any atom is 0.272 e. The molecule has 0 saturated carbocycles. The smallest absolute Gasteiger partial charge is 0.272 e. The summed E-state index contributed by atoms with van der Waals surface area (Å²) in [6, 6.07) is 4.13. The number of nitrogens with one attached hydrogen (secondary N) is 1. The van der Waals surface area contributed by atoms with Crippen LogP contribution in [0.4, 0.5) is 5.69 Å². The van der Waals surface area contributed by atoms with E-state index in [9.17, 15) is 4.79 Å². The van der Waals surface area contributed by atoms with Crippen LogP contribution in [0, 0.1) is 0 Å². The summed E-state index contributed by atoms with van der Waals surface area (Å²) in [5, 5.41) is 3.21. The molecule has 1 atom stereocenters. The summed E-state index contributed by atoms with van der Waals surface area (Å²) in [6.07, 6.45) is 1.69. The van der Waals surface area contributed by atoms with Crippen molar-refractivity contribution in [3.63, 3.8) is 0 Å². The molecule has 1 aliphatic rings. The van der Waals surface area contributed by atoms with Gasteiger partial charge in [0.2, 0.25) is 0 Å². The normalized spacial score (nSPS) is 19.9. The maximum absolute atomic E-state index is 12.5. The quantitative estimate of drug-likeness (QED) is 0.909. The van der Waals surface area contributed by atoms with Crippen molar-refractivity contribution in [1.82, 2.24) is 14.8 Å². The van der Waals surface area contributed by atoms with E-state index in [0.717, 1.165) is 38.4 Å². The zero-order chi connectivity index (χ0) is 14.5. The molecule has 1 aliphatic heterocycles. The molecule has 5 heteroatoms. The second-order valence-corrected chi connectivity index (χ2v) is 5.19. The third-order valence-corrected chi connectivity index (χ3v) is 3.82. The average Bonchev–Trinajstić information content (AvgIpc) is 2.47. The molecule has 1 aromatic rings. The van der Waals surface area contributed by atoms with Gasteiger partial charge in [-0.05, 0) is 32.5 Å². The Morgan fingerprint density at radius 2 is 2.25 bits per heavy atom. The summed E-state index contributed by atoms with van der Waals surface area (Å²) in [5.74, 6) is 0.0346. The third-order valence-electron chi connectivity index (χ3n) is 3.82. The lowest BCUT2D eigenvalue weighted by Crippen LogP contribution is -2.53. The van der Waals surface area contributed by atoms with Gasteiger partial charge < -0.3 is 10.2 Å². The van der Waals surface area contributed by atoms with E-state index in [-0.39, 0.29) is 5.91 Å². The number of aromatic nitrogens is 1. The summed E-state index contributed by atoms with van der Waals surface area (Å²) in [4.78, 5) is 21.0. The van der Waals surface area contributed by atoms with Crippen LogP contribution in [0.25, 0.3) is 0 Å². The van der Waals surface area contributed by atoms with Gasteiger partial charge >= 0.3 is 0 Å². The number of piperazine rings is 1. The number of amides is 1. The Hall–Kier alpha value is -1.62. The fraction of sp³-hybridized carbons (Fsp3) is 0.600. The van der Waals surface area contributed by atoms with Crippen LogP contribution in [0.2, 0.25) is 0 Å². The first kappa shape index (κ1) is 14.8. The Morgan fingerprint density at radius 1 is 1.45 bits per heavy atom. The first-order valence-electron chi connectivity index (χ1n) is 7.39. The second-order valence-electron chi connectivity index (χ2n) is 5.19. The highest BCUT2D eigenvalue weighted by atomic mass is 16.2. The van der Waals surface area contributed by atoms with Crippen LogP contribution < -0.4 is 5.32 Å². The van der Waals surface area contributed by atoms with E-state index < -0.39 is 0 Å². The Bertz CT molecular complexity index is 463. The molecule has 0 aromatic carbocycles. The minimum absolute atomic E-state index is 0.0346. The van der Waals surface area contributed by atoms with Crippen LogP contribution in [0.5, 0.6) is 0 Å². The van der Waals surface area contributed by atoms with Crippen molar-refractivity contribution < 1.29 is 4.79 Å². The molecular weight excluding hydrogens is 252 g/mol. The van der Waals surface area contributed by atoms with Gasteiger partial charge in [-0.25, -0.2) is 0 Å². The largest absolute Gasteiger partial charge is 0.385 e. The number of carbonyl (C=O) groups is 1. The van der Waals surface area contributed by atoms with Crippen LogP contribution in [0.3, 0.4) is 0 Å². The van der Waals surface area contributed by atoms with Gasteiger partial charge in [0.25, 0.3) is 5.91 Å². The lowest BCUT2D eigenvalue weighted by Gasteiger charge is -2.39. The van der Waals surface area contributed by atoms with Gasteiger partial charge in [-0.1, -0.05) is 6.92 Å². The molecule has 2 rings (SSSR count). The van der Waals surface area contributed by atoms with Crippen LogP contribution in [0.1, 0.15) is 31.3 Å². The van der Waals surface area contributed by atoms with Crippen LogP contribution in [0.15, 0.2) is 18.3 Å². The molecule has 110 valence electrons. The van der Waals surface area contributed by atoms with Gasteiger partial charge in [-0.3, -0.25) is 14.7 Å². The highest BCUT2D eigenvalue weighted by molar-refractivity contribution is 5.93. The van der Waals surface area contributed by atoms with Crippen molar-refractivity contribution in [2.24, 2.45) is 0 Å². The van der Waals surface area contributed by atoms with Crippen molar-refractivity contribution in [3.8, 4) is 0 Å². The molecular formula is C15H24N4O. The van der Waals surface area contributed by atoms with E-state index in [1.165, 1.54) is 0 Å². The van der Waals surface area contributed by atoms with E-state index >= 15 is 0 Å². The number of nitrogens with zero attached hydrogens (tertiary/aromatic N) is 3. The van der Waals surface area contributed by atoms with Crippen molar-refractivity contribution >= 4 is 11.6 Å². The van der Waals surface area contributed by atoms with Crippen molar-refractivity contribution in [3.05, 3.63) is 24.0 Å². The number of likely N-dealkylation sites (N-methyl/N-ethyl adjacent to an activating group) is 1. The van der Waals surface area contributed by atoms with E-state index in [1.807, 2.05) is 24.0 Å². The van der Waals surface area contributed by atoms with Gasteiger partial charge in [-0.15, -0.1) is 0 Å². The van der Waals surface area contributed by atoms with Gasteiger partial charge in [-0.2, -0.15) is 0 Å². The summed E-state index contributed by atoms with van der Waals surface area (Å²) in [5.41, 5.74) is 1.48. The highest BCUT2D eigenvalue weighted by Gasteiger charge is 2.26. The van der Waals surface area contributed by atoms with Gasteiger partial charge in [0.1, 0.15) is 5.69 Å². The molecule has 1 fully saturated rings. The average molecular weight is 276 g/mol. The number of rotatable bonds is 4. The maximum atomic E-state index is 12.5. The van der Waals surface area contributed by atoms with E-state index in [4.69, 9.17) is 0 Å². The molecule has 0 spiro atoms. The lowest BCUT2D eigenvalue weighted by atomic mass is 10.1. The molecule has 5 nitrogen and oxygen atoms in total. The topological polar surface area (TPSA) is 48.5 Å². The Kier molecular flexibility index (Phi) is 4.95. The molecule has 1 saturated heterocycles. The summed E-state index contributed by atoms with van der Waals surface area (Å²) < 4.78 is 0. The molecule has 0 radical (unpaired) electrons. The Balaban J connectivity index is 2.06. The highest BCUT2D eigenvalue weighted by Crippen LogP contribution is 2.14. The number of hydrogen-bond acceptors (Lipinski definition) is 4. The van der Waals surface area contributed by atoms with Crippen molar-refractivity contribution in [1.29, 1.82) is 0 Å². The minimum atomic E-state index is 0.0346. The summed E-state index contributed by atoms with van der Waals surface area (Å²) in [6.45, 7) is 10.7. The van der Waals surface area contributed by atoms with Crippen molar-refractivity contribution in [2.45, 2.75) is 26.8 Å². The summed E-state index contributed by atoms with van der Waals surface area (Å²) in [7, 11) is 0. The third kappa shape index (κ3) is 3.28. The van der Waals surface area contributed by atoms with E-state index in [0.29, 0.717) is 11.7 Å². The number of hydrogen-bond donors (Lipinski definition) is 1. The van der Waals surface area contributed by atoms with E-state index in [1.54, 1.807) is 6.20 Å². The fourth-order valence-electron chi connectivity index (χ4n) is 2.67. The predicted molar refractivity (Wildman–Crippen MR) is 81.0 cm³/mol. The molecule has 1 aromatic heterocycles. The monoisotopic (exact) mass is 276 g/mol. The predicted octanol–water partition coefficient (Wildman–Crippen LogP) is 1.68. The number of carbonyl (C=O) groups excluding carboxylic acids is 1. The van der Waals surface area contributed by atoms with Crippen LogP contribution in [-0.4, -0.2) is 59.5 Å². The number of anilines is 1. The first-order chi connectivity index (χ1) is 9.65. The molecule has 0 aliphatic carbocycles. The molecule has 1 unspecified atom stereocenters. The standard InChI is InChI=1S/C15H24N4O/c1-4-16-13-6-7-17-14(10-13)15(20)19-9-8-18(5-2)12(3)11-19/h6-7,10,12H,4-5,8-9,11H2,1-3H3,(H,16,17). The van der Waals surface area contributed by atoms with Gasteiger partial charge in [0, 0.05) is 44.1 Å².